The Labute approximate surface area is 90.6 Å². The molecule has 0 heterocycles. The summed E-state index contributed by atoms with van der Waals surface area (Å²) in [6.45, 7) is 4.45. The molecule has 1 atom stereocenters. The van der Waals surface area contributed by atoms with Crippen LogP contribution in [-0.4, -0.2) is 0 Å². The molecule has 73 valence electrons. The van der Waals surface area contributed by atoms with E-state index in [9.17, 15) is 0 Å². The monoisotopic (exact) mass is 205 g/mol. The first-order valence-electron chi connectivity index (χ1n) is 4.88. The highest BCUT2D eigenvalue weighted by atomic mass is 35.5. The SMILES string of the molecule is CC1(C)[CH]C1C=C(Cl)c1ccccc1. The first kappa shape index (κ1) is 9.79. The Morgan fingerprint density at radius 2 is 1.86 bits per heavy atom. The molecule has 1 saturated carbocycles. The molecule has 14 heavy (non-hydrogen) atoms. The second-order valence-electron chi connectivity index (χ2n) is 4.39. The second-order valence-corrected chi connectivity index (χ2v) is 4.80. The standard InChI is InChI=1S/C13H14Cl/c1-13(2)9-11(13)8-12(14)10-6-4-3-5-7-10/h3-9,11H,1-2H3. The summed E-state index contributed by atoms with van der Waals surface area (Å²) < 4.78 is 0. The Hall–Kier alpha value is -0.750. The Morgan fingerprint density at radius 1 is 1.29 bits per heavy atom. The summed E-state index contributed by atoms with van der Waals surface area (Å²) in [5.74, 6) is 0.537. The van der Waals surface area contributed by atoms with Gasteiger partial charge in [-0.15, -0.1) is 0 Å². The van der Waals surface area contributed by atoms with Gasteiger partial charge in [0.1, 0.15) is 0 Å². The summed E-state index contributed by atoms with van der Waals surface area (Å²) in [6.07, 6.45) is 4.44. The molecule has 1 aromatic rings. The predicted octanol–water partition coefficient (Wildman–Crippen LogP) is 4.13. The lowest BCUT2D eigenvalue weighted by molar-refractivity contribution is 0.626. The first-order chi connectivity index (χ1) is 6.59. The maximum atomic E-state index is 6.21. The first-order valence-corrected chi connectivity index (χ1v) is 5.26. The number of halogens is 1. The zero-order chi connectivity index (χ0) is 10.2. The van der Waals surface area contributed by atoms with E-state index < -0.39 is 0 Å². The Balaban J connectivity index is 2.14. The molecular weight excluding hydrogens is 192 g/mol. The summed E-state index contributed by atoms with van der Waals surface area (Å²) in [6, 6.07) is 10.1. The smallest absolute Gasteiger partial charge is 0.0441 e. The zero-order valence-electron chi connectivity index (χ0n) is 8.50. The third-order valence-electron chi connectivity index (χ3n) is 2.73. The van der Waals surface area contributed by atoms with Gasteiger partial charge in [0.05, 0.1) is 0 Å². The summed E-state index contributed by atoms with van der Waals surface area (Å²) in [4.78, 5) is 0. The van der Waals surface area contributed by atoms with Gasteiger partial charge in [-0.1, -0.05) is 61.9 Å². The number of hydrogen-bond acceptors (Lipinski definition) is 0. The fraction of sp³-hybridized carbons (Fsp3) is 0.308. The molecule has 0 aromatic heterocycles. The van der Waals surface area contributed by atoms with Gasteiger partial charge in [0.2, 0.25) is 0 Å². The lowest BCUT2D eigenvalue weighted by atomic mass is 10.1. The average Bonchev–Trinajstić information content (AvgIpc) is 2.75. The van der Waals surface area contributed by atoms with Gasteiger partial charge in [0.25, 0.3) is 0 Å². The summed E-state index contributed by atoms with van der Waals surface area (Å²) in [5, 5.41) is 0.859. The number of rotatable bonds is 2. The zero-order valence-corrected chi connectivity index (χ0v) is 9.25. The molecule has 1 radical (unpaired) electrons. The molecule has 2 rings (SSSR count). The largest absolute Gasteiger partial charge is 0.0840 e. The van der Waals surface area contributed by atoms with Gasteiger partial charge >= 0.3 is 0 Å². The van der Waals surface area contributed by atoms with Crippen LogP contribution in [0.15, 0.2) is 36.4 Å². The molecule has 0 aliphatic heterocycles. The van der Waals surface area contributed by atoms with E-state index in [1.165, 1.54) is 0 Å². The van der Waals surface area contributed by atoms with E-state index >= 15 is 0 Å². The van der Waals surface area contributed by atoms with Crippen molar-refractivity contribution in [2.45, 2.75) is 13.8 Å². The molecule has 1 unspecified atom stereocenters. The quantitative estimate of drug-likeness (QED) is 0.681. The molecule has 0 nitrogen and oxygen atoms in total. The second kappa shape index (κ2) is 3.43. The fourth-order valence-electron chi connectivity index (χ4n) is 1.53. The van der Waals surface area contributed by atoms with Crippen LogP contribution in [0.2, 0.25) is 0 Å². The highest BCUT2D eigenvalue weighted by Gasteiger charge is 2.44. The van der Waals surface area contributed by atoms with Gasteiger partial charge in [-0.05, 0) is 23.3 Å². The van der Waals surface area contributed by atoms with Crippen LogP contribution in [0.4, 0.5) is 0 Å². The third-order valence-corrected chi connectivity index (χ3v) is 3.08. The van der Waals surface area contributed by atoms with E-state index in [-0.39, 0.29) is 0 Å². The van der Waals surface area contributed by atoms with Crippen LogP contribution >= 0.6 is 11.6 Å². The number of benzene rings is 1. The highest BCUT2D eigenvalue weighted by Crippen LogP contribution is 2.52. The van der Waals surface area contributed by atoms with E-state index in [1.807, 2.05) is 30.3 Å². The molecule has 0 N–H and O–H groups in total. The van der Waals surface area contributed by atoms with Crippen molar-refractivity contribution in [1.29, 1.82) is 0 Å². The van der Waals surface area contributed by atoms with Crippen molar-refractivity contribution in [3.8, 4) is 0 Å². The van der Waals surface area contributed by atoms with Gasteiger partial charge in [0.15, 0.2) is 0 Å². The van der Waals surface area contributed by atoms with Gasteiger partial charge < -0.3 is 0 Å². The predicted molar refractivity (Wildman–Crippen MR) is 61.8 cm³/mol. The lowest BCUT2D eigenvalue weighted by Gasteiger charge is -2.00. The van der Waals surface area contributed by atoms with Crippen molar-refractivity contribution in [3.63, 3.8) is 0 Å². The van der Waals surface area contributed by atoms with Crippen LogP contribution in [0.3, 0.4) is 0 Å². The minimum atomic E-state index is 0.342. The molecule has 1 heteroatoms. The molecule has 0 bridgehead atoms. The molecule has 0 saturated heterocycles. The van der Waals surface area contributed by atoms with Gasteiger partial charge in [0, 0.05) is 5.03 Å². The Bertz CT molecular complexity index is 349. The highest BCUT2D eigenvalue weighted by molar-refractivity contribution is 6.48. The summed E-state index contributed by atoms with van der Waals surface area (Å²) in [7, 11) is 0. The van der Waals surface area contributed by atoms with Crippen LogP contribution < -0.4 is 0 Å². The van der Waals surface area contributed by atoms with Crippen molar-refractivity contribution >= 4 is 16.6 Å². The minimum Gasteiger partial charge on any atom is -0.0840 e. The molecule has 1 aliphatic carbocycles. The molecule has 0 spiro atoms. The summed E-state index contributed by atoms with van der Waals surface area (Å²) >= 11 is 6.21. The van der Waals surface area contributed by atoms with Crippen molar-refractivity contribution in [1.82, 2.24) is 0 Å². The van der Waals surface area contributed by atoms with Gasteiger partial charge in [-0.2, -0.15) is 0 Å². The van der Waals surface area contributed by atoms with Crippen LogP contribution in [0.25, 0.3) is 5.03 Å². The van der Waals surface area contributed by atoms with Crippen molar-refractivity contribution in [2.24, 2.45) is 11.3 Å². The van der Waals surface area contributed by atoms with Crippen LogP contribution in [-0.2, 0) is 0 Å². The van der Waals surface area contributed by atoms with Crippen molar-refractivity contribution in [2.75, 3.05) is 0 Å². The Morgan fingerprint density at radius 3 is 2.36 bits per heavy atom. The number of hydrogen-bond donors (Lipinski definition) is 0. The van der Waals surface area contributed by atoms with Gasteiger partial charge in [-0.25, -0.2) is 0 Å². The summed E-state index contributed by atoms with van der Waals surface area (Å²) in [5.41, 5.74) is 1.44. The average molecular weight is 206 g/mol. The van der Waals surface area contributed by atoms with Crippen molar-refractivity contribution < 1.29 is 0 Å². The third kappa shape index (κ3) is 2.01. The van der Waals surface area contributed by atoms with E-state index in [4.69, 9.17) is 11.6 Å². The maximum Gasteiger partial charge on any atom is 0.0441 e. The molecule has 1 fully saturated rings. The fourth-order valence-corrected chi connectivity index (χ4v) is 1.79. The van der Waals surface area contributed by atoms with Crippen molar-refractivity contribution in [3.05, 3.63) is 48.4 Å². The molecule has 1 aromatic carbocycles. The molecular formula is C13H14Cl. The number of allylic oxidation sites excluding steroid dienone is 1. The van der Waals surface area contributed by atoms with E-state index in [0.717, 1.165) is 10.6 Å². The minimum absolute atomic E-state index is 0.342. The van der Waals surface area contributed by atoms with Crippen LogP contribution in [0.1, 0.15) is 19.4 Å². The molecule has 1 aliphatic rings. The van der Waals surface area contributed by atoms with Gasteiger partial charge in [-0.3, -0.25) is 0 Å². The lowest BCUT2D eigenvalue weighted by Crippen LogP contribution is -1.87. The topological polar surface area (TPSA) is 0 Å². The Kier molecular flexibility index (Phi) is 2.40. The van der Waals surface area contributed by atoms with E-state index in [2.05, 4.69) is 26.3 Å². The normalized spacial score (nSPS) is 24.8. The molecule has 0 amide bonds. The van der Waals surface area contributed by atoms with E-state index in [0.29, 0.717) is 11.3 Å². The van der Waals surface area contributed by atoms with Crippen LogP contribution in [0, 0.1) is 17.8 Å². The van der Waals surface area contributed by atoms with E-state index in [1.54, 1.807) is 0 Å². The maximum absolute atomic E-state index is 6.21. The van der Waals surface area contributed by atoms with Crippen LogP contribution in [0.5, 0.6) is 0 Å².